The minimum Gasteiger partial charge on any atom is -0.356 e. The van der Waals surface area contributed by atoms with Crippen molar-refractivity contribution in [3.8, 4) is 0 Å². The molecule has 0 spiro atoms. The molecular formula is C16H23N5. The van der Waals surface area contributed by atoms with E-state index >= 15 is 0 Å². The lowest BCUT2D eigenvalue weighted by atomic mass is 10.1. The number of guanidine groups is 1. The molecule has 1 unspecified atom stereocenters. The van der Waals surface area contributed by atoms with E-state index < -0.39 is 0 Å². The van der Waals surface area contributed by atoms with Gasteiger partial charge < -0.3 is 10.6 Å². The maximum Gasteiger partial charge on any atom is 0.191 e. The number of nitrogens with zero attached hydrogens (tertiary/aromatic N) is 3. The number of rotatable bonds is 5. The fourth-order valence-electron chi connectivity index (χ4n) is 2.15. The van der Waals surface area contributed by atoms with Gasteiger partial charge in [-0.05, 0) is 24.5 Å². The molecule has 0 saturated heterocycles. The zero-order valence-corrected chi connectivity index (χ0v) is 12.9. The summed E-state index contributed by atoms with van der Waals surface area (Å²) in [6.07, 6.45) is 4.85. The zero-order valence-electron chi connectivity index (χ0n) is 12.9. The number of aliphatic imine (C=N–C) groups is 1. The molecule has 0 aliphatic heterocycles. The quantitative estimate of drug-likeness (QED) is 0.651. The SMILES string of the molecule is CN=C(NCCc1cnn(C)c1)NC(C)c1ccccc1. The molecule has 1 atom stereocenters. The largest absolute Gasteiger partial charge is 0.356 e. The molecule has 1 aromatic heterocycles. The predicted octanol–water partition coefficient (Wildman–Crippen LogP) is 1.89. The van der Waals surface area contributed by atoms with Crippen LogP contribution in [0.25, 0.3) is 0 Å². The van der Waals surface area contributed by atoms with E-state index in [-0.39, 0.29) is 6.04 Å². The van der Waals surface area contributed by atoms with Crippen LogP contribution in [0.5, 0.6) is 0 Å². The van der Waals surface area contributed by atoms with Gasteiger partial charge in [-0.15, -0.1) is 0 Å². The molecule has 0 radical (unpaired) electrons. The predicted molar refractivity (Wildman–Crippen MR) is 86.3 cm³/mol. The van der Waals surface area contributed by atoms with Crippen molar-refractivity contribution < 1.29 is 0 Å². The Kier molecular flexibility index (Phi) is 5.37. The Morgan fingerprint density at radius 3 is 2.71 bits per heavy atom. The fourth-order valence-corrected chi connectivity index (χ4v) is 2.15. The first-order valence-corrected chi connectivity index (χ1v) is 7.18. The molecular weight excluding hydrogens is 262 g/mol. The van der Waals surface area contributed by atoms with Gasteiger partial charge in [-0.3, -0.25) is 9.67 Å². The average molecular weight is 285 g/mol. The van der Waals surface area contributed by atoms with Crippen molar-refractivity contribution in [2.45, 2.75) is 19.4 Å². The highest BCUT2D eigenvalue weighted by atomic mass is 15.2. The number of aryl methyl sites for hydroxylation is 1. The molecule has 21 heavy (non-hydrogen) atoms. The van der Waals surface area contributed by atoms with E-state index in [1.54, 1.807) is 7.05 Å². The third-order valence-corrected chi connectivity index (χ3v) is 3.34. The molecule has 0 fully saturated rings. The maximum atomic E-state index is 4.26. The Bertz CT molecular complexity index is 573. The van der Waals surface area contributed by atoms with Crippen molar-refractivity contribution in [1.82, 2.24) is 20.4 Å². The molecule has 0 saturated carbocycles. The van der Waals surface area contributed by atoms with Crippen molar-refractivity contribution in [3.05, 3.63) is 53.9 Å². The molecule has 2 rings (SSSR count). The van der Waals surface area contributed by atoms with Gasteiger partial charge in [-0.25, -0.2) is 0 Å². The standard InChI is InChI=1S/C16H23N5/c1-13(15-7-5-4-6-8-15)20-16(17-2)18-10-9-14-11-19-21(3)12-14/h4-8,11-13H,9-10H2,1-3H3,(H2,17,18,20). The minimum atomic E-state index is 0.218. The van der Waals surface area contributed by atoms with Crippen LogP contribution in [0.2, 0.25) is 0 Å². The van der Waals surface area contributed by atoms with E-state index in [0.717, 1.165) is 18.9 Å². The number of nitrogens with one attached hydrogen (secondary N) is 2. The van der Waals surface area contributed by atoms with Gasteiger partial charge >= 0.3 is 0 Å². The van der Waals surface area contributed by atoms with Gasteiger partial charge in [0.1, 0.15) is 0 Å². The molecule has 2 aromatic rings. The normalized spacial score (nSPS) is 13.0. The highest BCUT2D eigenvalue weighted by molar-refractivity contribution is 5.80. The second-order valence-corrected chi connectivity index (χ2v) is 5.05. The van der Waals surface area contributed by atoms with E-state index in [1.165, 1.54) is 11.1 Å². The second kappa shape index (κ2) is 7.47. The molecule has 5 nitrogen and oxygen atoms in total. The van der Waals surface area contributed by atoms with Gasteiger partial charge in [0, 0.05) is 26.8 Å². The third-order valence-electron chi connectivity index (χ3n) is 3.34. The van der Waals surface area contributed by atoms with Crippen LogP contribution in [0.1, 0.15) is 24.1 Å². The molecule has 2 N–H and O–H groups in total. The number of benzene rings is 1. The van der Waals surface area contributed by atoms with Crippen LogP contribution in [0, 0.1) is 0 Å². The van der Waals surface area contributed by atoms with Crippen LogP contribution in [0.3, 0.4) is 0 Å². The van der Waals surface area contributed by atoms with E-state index in [9.17, 15) is 0 Å². The second-order valence-electron chi connectivity index (χ2n) is 5.05. The Balaban J connectivity index is 1.81. The lowest BCUT2D eigenvalue weighted by Gasteiger charge is -2.18. The molecule has 0 aliphatic carbocycles. The summed E-state index contributed by atoms with van der Waals surface area (Å²) >= 11 is 0. The lowest BCUT2D eigenvalue weighted by Crippen LogP contribution is -2.39. The maximum absolute atomic E-state index is 4.26. The van der Waals surface area contributed by atoms with Crippen LogP contribution >= 0.6 is 0 Å². The van der Waals surface area contributed by atoms with Gasteiger partial charge in [0.25, 0.3) is 0 Å². The number of hydrogen-bond donors (Lipinski definition) is 2. The summed E-state index contributed by atoms with van der Waals surface area (Å²) in [7, 11) is 3.72. The van der Waals surface area contributed by atoms with E-state index in [4.69, 9.17) is 0 Å². The summed E-state index contributed by atoms with van der Waals surface area (Å²) in [5, 5.41) is 10.9. The Morgan fingerprint density at radius 2 is 2.10 bits per heavy atom. The summed E-state index contributed by atoms with van der Waals surface area (Å²) in [6, 6.07) is 10.6. The van der Waals surface area contributed by atoms with Gasteiger partial charge in [0.2, 0.25) is 0 Å². The van der Waals surface area contributed by atoms with E-state index in [2.05, 4.69) is 39.8 Å². The average Bonchev–Trinajstić information content (AvgIpc) is 2.92. The molecule has 1 heterocycles. The highest BCUT2D eigenvalue weighted by Crippen LogP contribution is 2.10. The van der Waals surface area contributed by atoms with Gasteiger partial charge in [0.05, 0.1) is 12.2 Å². The van der Waals surface area contributed by atoms with E-state index in [1.807, 2.05) is 42.3 Å². The van der Waals surface area contributed by atoms with Crippen molar-refractivity contribution in [2.75, 3.05) is 13.6 Å². The summed E-state index contributed by atoms with van der Waals surface area (Å²) in [5.74, 6) is 0.815. The van der Waals surface area contributed by atoms with Crippen molar-refractivity contribution in [3.63, 3.8) is 0 Å². The summed E-state index contributed by atoms with van der Waals surface area (Å²) in [4.78, 5) is 4.26. The van der Waals surface area contributed by atoms with Crippen molar-refractivity contribution in [2.24, 2.45) is 12.0 Å². The highest BCUT2D eigenvalue weighted by Gasteiger charge is 2.06. The summed E-state index contributed by atoms with van der Waals surface area (Å²) in [6.45, 7) is 2.95. The minimum absolute atomic E-state index is 0.218. The molecule has 0 aliphatic rings. The van der Waals surface area contributed by atoms with Crippen LogP contribution in [0.15, 0.2) is 47.7 Å². The lowest BCUT2D eigenvalue weighted by molar-refractivity contribution is 0.684. The van der Waals surface area contributed by atoms with Crippen LogP contribution in [-0.4, -0.2) is 29.3 Å². The molecule has 0 amide bonds. The molecule has 112 valence electrons. The number of hydrogen-bond acceptors (Lipinski definition) is 2. The van der Waals surface area contributed by atoms with E-state index in [0.29, 0.717) is 0 Å². The van der Waals surface area contributed by atoms with Gasteiger partial charge in [-0.1, -0.05) is 30.3 Å². The summed E-state index contributed by atoms with van der Waals surface area (Å²) < 4.78 is 1.82. The third kappa shape index (κ3) is 4.63. The van der Waals surface area contributed by atoms with Gasteiger partial charge in [0.15, 0.2) is 5.96 Å². The zero-order chi connectivity index (χ0) is 15.1. The molecule has 5 heteroatoms. The monoisotopic (exact) mass is 285 g/mol. The Labute approximate surface area is 126 Å². The number of aromatic nitrogens is 2. The molecule has 0 bridgehead atoms. The smallest absolute Gasteiger partial charge is 0.191 e. The van der Waals surface area contributed by atoms with Gasteiger partial charge in [-0.2, -0.15) is 5.10 Å². The first-order chi connectivity index (χ1) is 10.2. The first kappa shape index (κ1) is 15.1. The molecule has 1 aromatic carbocycles. The first-order valence-electron chi connectivity index (χ1n) is 7.18. The fraction of sp³-hybridized carbons (Fsp3) is 0.375. The topological polar surface area (TPSA) is 54.2 Å². The van der Waals surface area contributed by atoms with Crippen molar-refractivity contribution >= 4 is 5.96 Å². The van der Waals surface area contributed by atoms with Crippen LogP contribution in [-0.2, 0) is 13.5 Å². The van der Waals surface area contributed by atoms with Crippen molar-refractivity contribution in [1.29, 1.82) is 0 Å². The van der Waals surface area contributed by atoms with Crippen LogP contribution < -0.4 is 10.6 Å². The Hall–Kier alpha value is -2.30. The Morgan fingerprint density at radius 1 is 1.33 bits per heavy atom. The van der Waals surface area contributed by atoms with Crippen LogP contribution in [0.4, 0.5) is 0 Å². The summed E-state index contributed by atoms with van der Waals surface area (Å²) in [5.41, 5.74) is 2.46.